The summed E-state index contributed by atoms with van der Waals surface area (Å²) in [5, 5.41) is 4.95. The van der Waals surface area contributed by atoms with Crippen LogP contribution in [0.3, 0.4) is 0 Å². The molecule has 4 rings (SSSR count). The van der Waals surface area contributed by atoms with E-state index in [0.717, 1.165) is 37.2 Å². The first-order chi connectivity index (χ1) is 13.1. The molecule has 2 N–H and O–H groups in total. The minimum absolute atomic E-state index is 0.0194. The van der Waals surface area contributed by atoms with Crippen molar-refractivity contribution in [2.75, 3.05) is 25.0 Å². The minimum atomic E-state index is 0.0194. The van der Waals surface area contributed by atoms with E-state index in [4.69, 9.17) is 11.6 Å². The molecule has 0 bridgehead atoms. The molecule has 5 heteroatoms. The van der Waals surface area contributed by atoms with Gasteiger partial charge in [-0.3, -0.25) is 9.69 Å². The van der Waals surface area contributed by atoms with Crippen molar-refractivity contribution in [1.82, 2.24) is 9.88 Å². The quantitative estimate of drug-likeness (QED) is 0.671. The van der Waals surface area contributed by atoms with E-state index in [1.54, 1.807) is 6.07 Å². The molecule has 1 fully saturated rings. The fourth-order valence-corrected chi connectivity index (χ4v) is 4.13. The number of hydrogen-bond donors (Lipinski definition) is 2. The summed E-state index contributed by atoms with van der Waals surface area (Å²) < 4.78 is 0. The third-order valence-electron chi connectivity index (χ3n) is 5.49. The minimum Gasteiger partial charge on any atom is -0.361 e. The van der Waals surface area contributed by atoms with Gasteiger partial charge in [-0.1, -0.05) is 35.9 Å². The number of H-pyrrole nitrogens is 1. The Hall–Kier alpha value is -2.30. The molecule has 1 aliphatic rings. The van der Waals surface area contributed by atoms with Gasteiger partial charge < -0.3 is 10.3 Å². The van der Waals surface area contributed by atoms with Gasteiger partial charge in [-0.2, -0.15) is 0 Å². The SMILES string of the molecule is Cc1ccc(Cl)cc1NC(=O)CN1CCC(c2c[nH]c3ccccc23)CC1. The van der Waals surface area contributed by atoms with Gasteiger partial charge in [0.25, 0.3) is 0 Å². The Kier molecular flexibility index (Phi) is 5.19. The number of likely N-dealkylation sites (tertiary alicyclic amines) is 1. The second-order valence-corrected chi connectivity index (χ2v) is 7.78. The monoisotopic (exact) mass is 381 g/mol. The van der Waals surface area contributed by atoms with Crippen molar-refractivity contribution in [3.05, 3.63) is 64.8 Å². The molecule has 27 heavy (non-hydrogen) atoms. The van der Waals surface area contributed by atoms with Gasteiger partial charge in [0.05, 0.1) is 6.54 Å². The summed E-state index contributed by atoms with van der Waals surface area (Å²) in [6, 6.07) is 14.0. The number of hydrogen-bond acceptors (Lipinski definition) is 2. The second kappa shape index (κ2) is 7.75. The van der Waals surface area contributed by atoms with Gasteiger partial charge in [-0.15, -0.1) is 0 Å². The Labute approximate surface area is 164 Å². The molecule has 0 saturated carbocycles. The molecule has 4 nitrogen and oxygen atoms in total. The van der Waals surface area contributed by atoms with Gasteiger partial charge in [0, 0.05) is 27.8 Å². The molecule has 0 aliphatic carbocycles. The van der Waals surface area contributed by atoms with Crippen LogP contribution in [0.4, 0.5) is 5.69 Å². The van der Waals surface area contributed by atoms with Crippen LogP contribution >= 0.6 is 11.6 Å². The molecule has 2 aromatic carbocycles. The van der Waals surface area contributed by atoms with Crippen LogP contribution in [0, 0.1) is 6.92 Å². The number of aromatic nitrogens is 1. The van der Waals surface area contributed by atoms with E-state index in [-0.39, 0.29) is 5.91 Å². The number of carbonyl (C=O) groups excluding carboxylic acids is 1. The zero-order valence-corrected chi connectivity index (χ0v) is 16.2. The summed E-state index contributed by atoms with van der Waals surface area (Å²) >= 11 is 6.03. The highest BCUT2D eigenvalue weighted by molar-refractivity contribution is 6.31. The van der Waals surface area contributed by atoms with E-state index in [1.165, 1.54) is 16.5 Å². The fraction of sp³-hybridized carbons (Fsp3) is 0.318. The first-order valence-electron chi connectivity index (χ1n) is 9.44. The molecule has 0 atom stereocenters. The third kappa shape index (κ3) is 4.02. The number of carbonyl (C=O) groups is 1. The smallest absolute Gasteiger partial charge is 0.238 e. The van der Waals surface area contributed by atoms with Crippen LogP contribution in [-0.4, -0.2) is 35.4 Å². The lowest BCUT2D eigenvalue weighted by atomic mass is 9.89. The van der Waals surface area contributed by atoms with E-state index < -0.39 is 0 Å². The van der Waals surface area contributed by atoms with Crippen molar-refractivity contribution in [3.8, 4) is 0 Å². The normalized spacial score (nSPS) is 15.9. The number of anilines is 1. The van der Waals surface area contributed by atoms with E-state index >= 15 is 0 Å². The van der Waals surface area contributed by atoms with Gasteiger partial charge >= 0.3 is 0 Å². The van der Waals surface area contributed by atoms with Crippen molar-refractivity contribution < 1.29 is 4.79 Å². The fourth-order valence-electron chi connectivity index (χ4n) is 3.96. The number of nitrogens with zero attached hydrogens (tertiary/aromatic N) is 1. The first kappa shape index (κ1) is 18.1. The Morgan fingerprint density at radius 1 is 1.22 bits per heavy atom. The lowest BCUT2D eigenvalue weighted by Gasteiger charge is -2.31. The summed E-state index contributed by atoms with van der Waals surface area (Å²) in [5.74, 6) is 0.571. The highest BCUT2D eigenvalue weighted by Crippen LogP contribution is 2.33. The van der Waals surface area contributed by atoms with E-state index in [0.29, 0.717) is 17.5 Å². The average molecular weight is 382 g/mol. The summed E-state index contributed by atoms with van der Waals surface area (Å²) in [7, 11) is 0. The number of halogens is 1. The van der Waals surface area contributed by atoms with Gasteiger partial charge in [-0.25, -0.2) is 0 Å². The topological polar surface area (TPSA) is 48.1 Å². The first-order valence-corrected chi connectivity index (χ1v) is 9.82. The molecule has 0 unspecified atom stereocenters. The molecule has 1 aliphatic heterocycles. The maximum atomic E-state index is 12.4. The average Bonchev–Trinajstić information content (AvgIpc) is 3.09. The number of piperidine rings is 1. The van der Waals surface area contributed by atoms with Crippen LogP contribution in [0.15, 0.2) is 48.7 Å². The Morgan fingerprint density at radius 3 is 2.81 bits per heavy atom. The Morgan fingerprint density at radius 2 is 2.00 bits per heavy atom. The predicted molar refractivity (Wildman–Crippen MR) is 112 cm³/mol. The molecule has 2 heterocycles. The van der Waals surface area contributed by atoms with Crippen LogP contribution in [0.2, 0.25) is 5.02 Å². The lowest BCUT2D eigenvalue weighted by molar-refractivity contribution is -0.117. The van der Waals surface area contributed by atoms with Crippen molar-refractivity contribution >= 4 is 34.1 Å². The van der Waals surface area contributed by atoms with Crippen LogP contribution < -0.4 is 5.32 Å². The molecule has 1 amide bonds. The molecular weight excluding hydrogens is 358 g/mol. The molecular formula is C22H24ClN3O. The number of fused-ring (bicyclic) bond motifs is 1. The molecule has 0 spiro atoms. The van der Waals surface area contributed by atoms with E-state index in [2.05, 4.69) is 45.7 Å². The second-order valence-electron chi connectivity index (χ2n) is 7.35. The molecule has 3 aromatic rings. The molecule has 1 saturated heterocycles. The van der Waals surface area contributed by atoms with Crippen LogP contribution in [0.1, 0.15) is 29.9 Å². The van der Waals surface area contributed by atoms with Gasteiger partial charge in [0.1, 0.15) is 0 Å². The van der Waals surface area contributed by atoms with Gasteiger partial charge in [-0.05, 0) is 68.1 Å². The zero-order chi connectivity index (χ0) is 18.8. The summed E-state index contributed by atoms with van der Waals surface area (Å²) in [6.07, 6.45) is 4.30. The van der Waals surface area contributed by atoms with Crippen LogP contribution in [0.5, 0.6) is 0 Å². The molecule has 1 aromatic heterocycles. The number of aromatic amines is 1. The number of nitrogens with one attached hydrogen (secondary N) is 2. The summed E-state index contributed by atoms with van der Waals surface area (Å²) in [4.78, 5) is 18.0. The number of rotatable bonds is 4. The maximum Gasteiger partial charge on any atom is 0.238 e. The van der Waals surface area contributed by atoms with Gasteiger partial charge in [0.15, 0.2) is 0 Å². The van der Waals surface area contributed by atoms with Crippen LogP contribution in [-0.2, 0) is 4.79 Å². The number of aryl methyl sites for hydroxylation is 1. The van der Waals surface area contributed by atoms with Crippen molar-refractivity contribution in [2.45, 2.75) is 25.7 Å². The van der Waals surface area contributed by atoms with Gasteiger partial charge in [0.2, 0.25) is 5.91 Å². The summed E-state index contributed by atoms with van der Waals surface area (Å²) in [5.41, 5.74) is 4.42. The highest BCUT2D eigenvalue weighted by atomic mass is 35.5. The van der Waals surface area contributed by atoms with Crippen molar-refractivity contribution in [1.29, 1.82) is 0 Å². The van der Waals surface area contributed by atoms with Crippen LogP contribution in [0.25, 0.3) is 10.9 Å². The Balaban J connectivity index is 1.34. The standard InChI is InChI=1S/C22H24ClN3O/c1-15-6-7-17(23)12-21(15)25-22(27)14-26-10-8-16(9-11-26)19-13-24-20-5-3-2-4-18(19)20/h2-7,12-13,16,24H,8-11,14H2,1H3,(H,25,27). The Bertz CT molecular complexity index is 957. The number of benzene rings is 2. The van der Waals surface area contributed by atoms with E-state index in [9.17, 15) is 4.79 Å². The van der Waals surface area contributed by atoms with E-state index in [1.807, 2.05) is 19.1 Å². The molecule has 0 radical (unpaired) electrons. The molecule has 140 valence electrons. The zero-order valence-electron chi connectivity index (χ0n) is 15.5. The van der Waals surface area contributed by atoms with Crippen molar-refractivity contribution in [2.24, 2.45) is 0 Å². The highest BCUT2D eigenvalue weighted by Gasteiger charge is 2.24. The lowest BCUT2D eigenvalue weighted by Crippen LogP contribution is -2.38. The maximum absolute atomic E-state index is 12.4. The number of amides is 1. The number of para-hydroxylation sites is 1. The summed E-state index contributed by atoms with van der Waals surface area (Å²) in [6.45, 7) is 4.27. The van der Waals surface area contributed by atoms with Crippen molar-refractivity contribution in [3.63, 3.8) is 0 Å². The largest absolute Gasteiger partial charge is 0.361 e. The predicted octanol–water partition coefficient (Wildman–Crippen LogP) is 4.95. The third-order valence-corrected chi connectivity index (χ3v) is 5.72.